The lowest BCUT2D eigenvalue weighted by atomic mass is 10.1. The minimum absolute atomic E-state index is 0.0667. The Bertz CT molecular complexity index is 374. The van der Waals surface area contributed by atoms with E-state index in [-0.39, 0.29) is 6.04 Å². The van der Waals surface area contributed by atoms with Crippen molar-refractivity contribution in [2.75, 3.05) is 4.90 Å². The SMILES string of the molecule is CCC1CCC(C)N1c1ccc([C@@H](N)CC)nc1. The number of hydrogen-bond acceptors (Lipinski definition) is 3. The van der Waals surface area contributed by atoms with Gasteiger partial charge in [-0.1, -0.05) is 13.8 Å². The van der Waals surface area contributed by atoms with E-state index in [1.807, 2.05) is 6.20 Å². The lowest BCUT2D eigenvalue weighted by Crippen LogP contribution is -2.34. The van der Waals surface area contributed by atoms with Gasteiger partial charge in [0.25, 0.3) is 0 Å². The van der Waals surface area contributed by atoms with Gasteiger partial charge in [0, 0.05) is 18.1 Å². The second-order valence-corrected chi connectivity index (χ2v) is 5.35. The maximum absolute atomic E-state index is 6.00. The van der Waals surface area contributed by atoms with Crippen LogP contribution in [0.2, 0.25) is 0 Å². The van der Waals surface area contributed by atoms with E-state index < -0.39 is 0 Å². The maximum Gasteiger partial charge on any atom is 0.0572 e. The minimum Gasteiger partial charge on any atom is -0.365 e. The number of pyridine rings is 1. The first-order valence-electron chi connectivity index (χ1n) is 7.17. The molecule has 0 amide bonds. The Morgan fingerprint density at radius 1 is 1.39 bits per heavy atom. The number of hydrogen-bond donors (Lipinski definition) is 1. The molecule has 3 heteroatoms. The topological polar surface area (TPSA) is 42.1 Å². The fraction of sp³-hybridized carbons (Fsp3) is 0.667. The number of nitrogens with two attached hydrogens (primary N) is 1. The molecule has 1 aliphatic heterocycles. The Kier molecular flexibility index (Phi) is 4.23. The first kappa shape index (κ1) is 13.3. The second kappa shape index (κ2) is 5.70. The van der Waals surface area contributed by atoms with Crippen molar-refractivity contribution in [3.05, 3.63) is 24.0 Å². The molecule has 3 atom stereocenters. The minimum atomic E-state index is 0.0667. The van der Waals surface area contributed by atoms with Gasteiger partial charge in [-0.2, -0.15) is 0 Å². The zero-order valence-electron chi connectivity index (χ0n) is 11.8. The number of rotatable bonds is 4. The highest BCUT2D eigenvalue weighted by Crippen LogP contribution is 2.31. The highest BCUT2D eigenvalue weighted by Gasteiger charge is 2.29. The third-order valence-corrected chi connectivity index (χ3v) is 4.15. The van der Waals surface area contributed by atoms with Gasteiger partial charge in [-0.15, -0.1) is 0 Å². The van der Waals surface area contributed by atoms with Crippen molar-refractivity contribution >= 4 is 5.69 Å². The van der Waals surface area contributed by atoms with Gasteiger partial charge < -0.3 is 10.6 Å². The molecule has 2 N–H and O–H groups in total. The van der Waals surface area contributed by atoms with Gasteiger partial charge in [-0.05, 0) is 44.7 Å². The van der Waals surface area contributed by atoms with Crippen LogP contribution in [0.15, 0.2) is 18.3 Å². The van der Waals surface area contributed by atoms with E-state index >= 15 is 0 Å². The zero-order chi connectivity index (χ0) is 13.1. The van der Waals surface area contributed by atoms with Gasteiger partial charge in [0.15, 0.2) is 0 Å². The van der Waals surface area contributed by atoms with Gasteiger partial charge in [0.2, 0.25) is 0 Å². The average molecular weight is 247 g/mol. The molecule has 0 saturated carbocycles. The number of nitrogens with zero attached hydrogens (tertiary/aromatic N) is 2. The fourth-order valence-corrected chi connectivity index (χ4v) is 2.92. The molecule has 1 aromatic heterocycles. The van der Waals surface area contributed by atoms with Crippen LogP contribution >= 0.6 is 0 Å². The Hall–Kier alpha value is -1.09. The van der Waals surface area contributed by atoms with E-state index in [9.17, 15) is 0 Å². The van der Waals surface area contributed by atoms with Crippen molar-refractivity contribution in [3.63, 3.8) is 0 Å². The molecule has 1 saturated heterocycles. The van der Waals surface area contributed by atoms with Crippen LogP contribution in [0.4, 0.5) is 5.69 Å². The second-order valence-electron chi connectivity index (χ2n) is 5.35. The molecule has 0 aliphatic carbocycles. The van der Waals surface area contributed by atoms with E-state index in [1.165, 1.54) is 24.9 Å². The van der Waals surface area contributed by atoms with E-state index in [2.05, 4.69) is 42.8 Å². The summed E-state index contributed by atoms with van der Waals surface area (Å²) < 4.78 is 0. The van der Waals surface area contributed by atoms with Crippen LogP contribution in [0.1, 0.15) is 58.2 Å². The summed E-state index contributed by atoms with van der Waals surface area (Å²) in [5, 5.41) is 0. The first-order chi connectivity index (χ1) is 8.67. The standard InChI is InChI=1S/C15H25N3/c1-4-12-7-6-11(3)18(12)13-8-9-15(17-10-13)14(16)5-2/h8-12,14H,4-7,16H2,1-3H3/t11?,12?,14-/m0/s1. The van der Waals surface area contributed by atoms with Gasteiger partial charge in [0.1, 0.15) is 0 Å². The van der Waals surface area contributed by atoms with Crippen molar-refractivity contribution in [1.29, 1.82) is 0 Å². The molecule has 1 fully saturated rings. The van der Waals surface area contributed by atoms with Gasteiger partial charge in [-0.3, -0.25) is 4.98 Å². The first-order valence-corrected chi connectivity index (χ1v) is 7.17. The molecule has 100 valence electrons. The van der Waals surface area contributed by atoms with Crippen LogP contribution in [-0.4, -0.2) is 17.1 Å². The predicted octanol–water partition coefficient (Wildman–Crippen LogP) is 3.26. The maximum atomic E-state index is 6.00. The van der Waals surface area contributed by atoms with Crippen LogP contribution in [0.5, 0.6) is 0 Å². The molecule has 0 radical (unpaired) electrons. The molecule has 3 nitrogen and oxygen atoms in total. The normalized spacial score (nSPS) is 25.4. The van der Waals surface area contributed by atoms with Crippen molar-refractivity contribution in [2.45, 2.75) is 64.6 Å². The van der Waals surface area contributed by atoms with E-state index in [4.69, 9.17) is 5.73 Å². The largest absolute Gasteiger partial charge is 0.365 e. The number of anilines is 1. The van der Waals surface area contributed by atoms with Gasteiger partial charge in [0.05, 0.1) is 17.6 Å². The summed E-state index contributed by atoms with van der Waals surface area (Å²) in [5.74, 6) is 0. The van der Waals surface area contributed by atoms with Crippen LogP contribution in [-0.2, 0) is 0 Å². The van der Waals surface area contributed by atoms with E-state index in [0.717, 1.165) is 12.1 Å². The quantitative estimate of drug-likeness (QED) is 0.888. The molecule has 1 aromatic rings. The van der Waals surface area contributed by atoms with Crippen molar-refractivity contribution < 1.29 is 0 Å². The average Bonchev–Trinajstić information content (AvgIpc) is 2.79. The van der Waals surface area contributed by atoms with Crippen LogP contribution in [0.3, 0.4) is 0 Å². The molecular formula is C15H25N3. The molecule has 0 aromatic carbocycles. The molecular weight excluding hydrogens is 222 g/mol. The Morgan fingerprint density at radius 3 is 2.72 bits per heavy atom. The molecule has 0 spiro atoms. The third-order valence-electron chi connectivity index (χ3n) is 4.15. The Balaban J connectivity index is 2.18. The zero-order valence-corrected chi connectivity index (χ0v) is 11.8. The smallest absolute Gasteiger partial charge is 0.0572 e. The summed E-state index contributed by atoms with van der Waals surface area (Å²) in [6.45, 7) is 6.67. The summed E-state index contributed by atoms with van der Waals surface area (Å²) in [4.78, 5) is 7.05. The summed E-state index contributed by atoms with van der Waals surface area (Å²) in [6.07, 6.45) is 6.72. The molecule has 18 heavy (non-hydrogen) atoms. The fourth-order valence-electron chi connectivity index (χ4n) is 2.92. The van der Waals surface area contributed by atoms with E-state index in [0.29, 0.717) is 12.1 Å². The molecule has 1 aliphatic rings. The summed E-state index contributed by atoms with van der Waals surface area (Å²) >= 11 is 0. The molecule has 2 unspecified atom stereocenters. The van der Waals surface area contributed by atoms with Gasteiger partial charge >= 0.3 is 0 Å². The highest BCUT2D eigenvalue weighted by atomic mass is 15.2. The van der Waals surface area contributed by atoms with Crippen LogP contribution in [0.25, 0.3) is 0 Å². The summed E-state index contributed by atoms with van der Waals surface area (Å²) in [5.41, 5.74) is 8.25. The molecule has 2 rings (SSSR count). The van der Waals surface area contributed by atoms with E-state index in [1.54, 1.807) is 0 Å². The van der Waals surface area contributed by atoms with Crippen LogP contribution < -0.4 is 10.6 Å². The summed E-state index contributed by atoms with van der Waals surface area (Å²) in [6, 6.07) is 5.64. The predicted molar refractivity (Wildman–Crippen MR) is 76.7 cm³/mol. The highest BCUT2D eigenvalue weighted by molar-refractivity contribution is 5.48. The van der Waals surface area contributed by atoms with Crippen molar-refractivity contribution in [3.8, 4) is 0 Å². The monoisotopic (exact) mass is 247 g/mol. The third kappa shape index (κ3) is 2.51. The van der Waals surface area contributed by atoms with Crippen LogP contribution in [0, 0.1) is 0 Å². The molecule has 0 bridgehead atoms. The van der Waals surface area contributed by atoms with Crippen molar-refractivity contribution in [2.24, 2.45) is 5.73 Å². The Labute approximate surface area is 110 Å². The lowest BCUT2D eigenvalue weighted by molar-refractivity contribution is 0.625. The lowest BCUT2D eigenvalue weighted by Gasteiger charge is -2.30. The van der Waals surface area contributed by atoms with Gasteiger partial charge in [-0.25, -0.2) is 0 Å². The number of aromatic nitrogens is 1. The molecule has 2 heterocycles. The van der Waals surface area contributed by atoms with Crippen molar-refractivity contribution in [1.82, 2.24) is 4.98 Å². The Morgan fingerprint density at radius 2 is 2.17 bits per heavy atom. The summed E-state index contributed by atoms with van der Waals surface area (Å²) in [7, 11) is 0.